The maximum absolute atomic E-state index is 13.3. The molecule has 234 valence electrons. The third-order valence-corrected chi connectivity index (χ3v) is 8.39. The lowest BCUT2D eigenvalue weighted by Crippen LogP contribution is -2.37. The van der Waals surface area contributed by atoms with Crippen LogP contribution in [0.2, 0.25) is 0 Å². The van der Waals surface area contributed by atoms with E-state index in [-0.39, 0.29) is 17.2 Å². The van der Waals surface area contributed by atoms with E-state index in [1.807, 2.05) is 18.2 Å². The van der Waals surface area contributed by atoms with E-state index in [1.165, 1.54) is 12.1 Å². The maximum Gasteiger partial charge on any atom is 0.491 e. The molecule has 0 amide bonds. The summed E-state index contributed by atoms with van der Waals surface area (Å²) in [4.78, 5) is 26.4. The molecule has 0 radical (unpaired) electrons. The topological polar surface area (TPSA) is 120 Å². The zero-order valence-corrected chi connectivity index (χ0v) is 24.2. The van der Waals surface area contributed by atoms with Crippen molar-refractivity contribution in [1.29, 1.82) is 0 Å². The van der Waals surface area contributed by atoms with E-state index in [0.29, 0.717) is 38.3 Å². The number of hydrogen-bond donors (Lipinski definition) is 1. The minimum Gasteiger partial charge on any atom is -0.493 e. The quantitative estimate of drug-likeness (QED) is 0.196. The minimum atomic E-state index is -5.36. The second kappa shape index (κ2) is 13.2. The molecule has 0 unspecified atom stereocenters. The van der Waals surface area contributed by atoms with E-state index in [0.717, 1.165) is 54.6 Å². The summed E-state index contributed by atoms with van der Waals surface area (Å²) in [6.07, 6.45) is -4.17. The molecule has 0 aliphatic carbocycles. The van der Waals surface area contributed by atoms with Gasteiger partial charge in [-0.05, 0) is 59.5 Å². The average Bonchev–Trinajstić information content (AvgIpc) is 3.47. The van der Waals surface area contributed by atoms with E-state index in [9.17, 15) is 31.2 Å². The molecule has 10 nitrogen and oxygen atoms in total. The standard InChI is InChI=1S/C30H29F3N2O8S/c31-30(32,33)29(37)43-27-19-23(6-7-25(27)28(36)42-13-2-10-35-11-15-40-16-12-35)34-44(38,39)24-4-1-3-20(18-24)21-5-8-26-22(17-21)9-14-41-26/h1,3-8,17-19,34H,2,9-16H2. The van der Waals surface area contributed by atoms with Gasteiger partial charge in [-0.1, -0.05) is 18.2 Å². The summed E-state index contributed by atoms with van der Waals surface area (Å²) in [6, 6.07) is 14.7. The second-order valence-corrected chi connectivity index (χ2v) is 11.8. The molecular formula is C30H29F3N2O8S. The van der Waals surface area contributed by atoms with Crippen molar-refractivity contribution in [2.45, 2.75) is 23.9 Å². The first-order valence-corrected chi connectivity index (χ1v) is 15.3. The third kappa shape index (κ3) is 7.68. The van der Waals surface area contributed by atoms with Gasteiger partial charge in [0, 0.05) is 32.1 Å². The molecule has 1 fully saturated rings. The summed E-state index contributed by atoms with van der Waals surface area (Å²) in [5.74, 6) is -3.63. The normalized spacial score (nSPS) is 15.2. The lowest BCUT2D eigenvalue weighted by molar-refractivity contribution is -0.189. The van der Waals surface area contributed by atoms with Gasteiger partial charge in [-0.2, -0.15) is 13.2 Å². The number of sulfonamides is 1. The van der Waals surface area contributed by atoms with E-state index in [4.69, 9.17) is 14.2 Å². The molecule has 44 heavy (non-hydrogen) atoms. The van der Waals surface area contributed by atoms with Gasteiger partial charge in [0.1, 0.15) is 17.1 Å². The molecule has 0 spiro atoms. The highest BCUT2D eigenvalue weighted by molar-refractivity contribution is 7.92. The minimum absolute atomic E-state index is 0.0369. The number of alkyl halides is 3. The number of nitrogens with zero attached hydrogens (tertiary/aromatic N) is 1. The van der Waals surface area contributed by atoms with Gasteiger partial charge in [-0.25, -0.2) is 18.0 Å². The first-order chi connectivity index (χ1) is 21.0. The van der Waals surface area contributed by atoms with Crippen LogP contribution in [0.15, 0.2) is 65.6 Å². The van der Waals surface area contributed by atoms with Gasteiger partial charge in [-0.3, -0.25) is 9.62 Å². The summed E-state index contributed by atoms with van der Waals surface area (Å²) in [5, 5.41) is 0. The Morgan fingerprint density at radius 1 is 0.955 bits per heavy atom. The van der Waals surface area contributed by atoms with Crippen LogP contribution >= 0.6 is 0 Å². The Balaban J connectivity index is 1.32. The fourth-order valence-electron chi connectivity index (χ4n) is 4.78. The Labute approximate surface area is 251 Å². The summed E-state index contributed by atoms with van der Waals surface area (Å²) in [7, 11) is -4.26. The molecule has 0 bridgehead atoms. The van der Waals surface area contributed by atoms with E-state index >= 15 is 0 Å². The molecule has 1 saturated heterocycles. The smallest absolute Gasteiger partial charge is 0.491 e. The number of benzene rings is 3. The highest BCUT2D eigenvalue weighted by Gasteiger charge is 2.42. The van der Waals surface area contributed by atoms with Crippen molar-refractivity contribution in [2.75, 3.05) is 50.8 Å². The van der Waals surface area contributed by atoms with Crippen LogP contribution in [-0.4, -0.2) is 77.5 Å². The van der Waals surface area contributed by atoms with Crippen molar-refractivity contribution in [3.05, 3.63) is 71.8 Å². The lowest BCUT2D eigenvalue weighted by atomic mass is 10.0. The van der Waals surface area contributed by atoms with Gasteiger partial charge in [0.25, 0.3) is 10.0 Å². The number of anilines is 1. The molecule has 3 aromatic rings. The predicted molar refractivity (Wildman–Crippen MR) is 152 cm³/mol. The number of morpholine rings is 1. The molecule has 2 aliphatic heterocycles. The second-order valence-electron chi connectivity index (χ2n) is 10.1. The number of esters is 2. The number of rotatable bonds is 10. The fourth-order valence-corrected chi connectivity index (χ4v) is 5.87. The van der Waals surface area contributed by atoms with Gasteiger partial charge in [0.2, 0.25) is 0 Å². The van der Waals surface area contributed by atoms with Crippen molar-refractivity contribution >= 4 is 27.6 Å². The van der Waals surface area contributed by atoms with E-state index < -0.39 is 39.5 Å². The molecule has 14 heteroatoms. The van der Waals surface area contributed by atoms with Crippen molar-refractivity contribution in [2.24, 2.45) is 0 Å². The SMILES string of the molecule is O=C(OCCCN1CCOCC1)c1ccc(NS(=O)(=O)c2cccc(-c3ccc4c(c3)CCO4)c2)cc1OC(=O)C(F)(F)F. The zero-order chi connectivity index (χ0) is 31.3. The zero-order valence-electron chi connectivity index (χ0n) is 23.4. The van der Waals surface area contributed by atoms with Gasteiger partial charge in [0.15, 0.2) is 0 Å². The molecule has 2 heterocycles. The van der Waals surface area contributed by atoms with Gasteiger partial charge in [0.05, 0.1) is 37.0 Å². The molecule has 5 rings (SSSR count). The van der Waals surface area contributed by atoms with Crippen LogP contribution in [0.1, 0.15) is 22.3 Å². The van der Waals surface area contributed by atoms with Crippen molar-refractivity contribution in [3.63, 3.8) is 0 Å². The monoisotopic (exact) mass is 634 g/mol. The van der Waals surface area contributed by atoms with Crippen molar-refractivity contribution in [3.8, 4) is 22.6 Å². The van der Waals surface area contributed by atoms with Gasteiger partial charge < -0.3 is 18.9 Å². The Morgan fingerprint density at radius 2 is 1.73 bits per heavy atom. The molecule has 0 atom stereocenters. The Hall–Kier alpha value is -4.14. The predicted octanol–water partition coefficient (Wildman–Crippen LogP) is 4.44. The first-order valence-electron chi connectivity index (χ1n) is 13.8. The van der Waals surface area contributed by atoms with E-state index in [1.54, 1.807) is 12.1 Å². The average molecular weight is 635 g/mol. The first kappa shape index (κ1) is 31.3. The maximum atomic E-state index is 13.3. The van der Waals surface area contributed by atoms with Crippen LogP contribution in [0.5, 0.6) is 11.5 Å². The van der Waals surface area contributed by atoms with Gasteiger partial charge >= 0.3 is 18.1 Å². The number of nitrogens with one attached hydrogen (secondary N) is 1. The van der Waals surface area contributed by atoms with Crippen LogP contribution < -0.4 is 14.2 Å². The highest BCUT2D eigenvalue weighted by atomic mass is 32.2. The Bertz CT molecular complexity index is 1640. The molecule has 2 aliphatic rings. The van der Waals surface area contributed by atoms with Crippen LogP contribution in [0.3, 0.4) is 0 Å². The number of hydrogen-bond acceptors (Lipinski definition) is 9. The van der Waals surface area contributed by atoms with Crippen molar-refractivity contribution < 1.29 is 50.1 Å². The van der Waals surface area contributed by atoms with Crippen molar-refractivity contribution in [1.82, 2.24) is 4.90 Å². The molecule has 3 aromatic carbocycles. The van der Waals surface area contributed by atoms with Crippen LogP contribution in [0, 0.1) is 0 Å². The number of carbonyl (C=O) groups is 2. The largest absolute Gasteiger partial charge is 0.493 e. The Kier molecular flexibility index (Phi) is 9.42. The summed E-state index contributed by atoms with van der Waals surface area (Å²) < 4.78 is 88.3. The molecule has 0 aromatic heterocycles. The molecular weight excluding hydrogens is 605 g/mol. The summed E-state index contributed by atoms with van der Waals surface area (Å²) in [5.41, 5.74) is 1.69. The molecule has 1 N–H and O–H groups in total. The number of halogens is 3. The number of ether oxygens (including phenoxy) is 4. The Morgan fingerprint density at radius 3 is 2.50 bits per heavy atom. The fraction of sp³-hybridized carbons (Fsp3) is 0.333. The van der Waals surface area contributed by atoms with Gasteiger partial charge in [-0.15, -0.1) is 0 Å². The summed E-state index contributed by atoms with van der Waals surface area (Å²) >= 11 is 0. The van der Waals surface area contributed by atoms with E-state index in [2.05, 4.69) is 14.4 Å². The van der Waals surface area contributed by atoms with Crippen LogP contribution in [-0.2, 0) is 30.7 Å². The van der Waals surface area contributed by atoms with Crippen LogP contribution in [0.25, 0.3) is 11.1 Å². The third-order valence-electron chi connectivity index (χ3n) is 7.01. The number of fused-ring (bicyclic) bond motifs is 1. The lowest BCUT2D eigenvalue weighted by Gasteiger charge is -2.26. The highest BCUT2D eigenvalue weighted by Crippen LogP contribution is 2.32. The van der Waals surface area contributed by atoms with Crippen LogP contribution in [0.4, 0.5) is 18.9 Å². The number of carbonyl (C=O) groups excluding carboxylic acids is 2. The molecule has 0 saturated carbocycles. The summed E-state index contributed by atoms with van der Waals surface area (Å²) in [6.45, 7) is 3.82.